The number of anilines is 2. The Bertz CT molecular complexity index is 735. The maximum Gasteiger partial charge on any atom is 0.250 e. The van der Waals surface area contributed by atoms with Gasteiger partial charge in [0.2, 0.25) is 5.91 Å². The van der Waals surface area contributed by atoms with E-state index in [4.69, 9.17) is 21.4 Å². The van der Waals surface area contributed by atoms with E-state index in [1.54, 1.807) is 24.5 Å². The van der Waals surface area contributed by atoms with E-state index in [9.17, 15) is 4.79 Å². The maximum atomic E-state index is 11.8. The maximum absolute atomic E-state index is 11.8. The van der Waals surface area contributed by atoms with Crippen LogP contribution in [0.15, 0.2) is 53.2 Å². The molecule has 2 heterocycles. The molecule has 0 aliphatic carbocycles. The predicted molar refractivity (Wildman–Crippen MR) is 102 cm³/mol. The molecule has 130 valence electrons. The number of furan rings is 1. The second-order valence-corrected chi connectivity index (χ2v) is 5.85. The normalized spacial score (nSPS) is 14.5. The molecule has 1 aromatic heterocycles. The molecule has 1 aliphatic heterocycles. The van der Waals surface area contributed by atoms with Crippen LogP contribution in [0.2, 0.25) is 0 Å². The fourth-order valence-electron chi connectivity index (χ4n) is 2.44. The average Bonchev–Trinajstić information content (AvgIpc) is 3.15. The zero-order valence-corrected chi connectivity index (χ0v) is 14.4. The lowest BCUT2D eigenvalue weighted by Gasteiger charge is -2.28. The summed E-state index contributed by atoms with van der Waals surface area (Å²) in [5.41, 5.74) is 1.96. The van der Waals surface area contributed by atoms with Gasteiger partial charge in [-0.1, -0.05) is 0 Å². The minimum absolute atomic E-state index is 0.244. The van der Waals surface area contributed by atoms with Crippen LogP contribution in [0.4, 0.5) is 11.4 Å². The van der Waals surface area contributed by atoms with Crippen molar-refractivity contribution in [2.45, 2.75) is 0 Å². The molecule has 3 rings (SSSR count). The van der Waals surface area contributed by atoms with Gasteiger partial charge in [0.15, 0.2) is 5.11 Å². The Morgan fingerprint density at radius 3 is 2.60 bits per heavy atom. The van der Waals surface area contributed by atoms with Crippen LogP contribution in [-0.4, -0.2) is 37.3 Å². The highest BCUT2D eigenvalue weighted by atomic mass is 32.1. The fourth-order valence-corrected chi connectivity index (χ4v) is 2.66. The summed E-state index contributed by atoms with van der Waals surface area (Å²) in [4.78, 5) is 14.1. The molecule has 1 saturated heterocycles. The van der Waals surface area contributed by atoms with Crippen LogP contribution in [-0.2, 0) is 9.53 Å². The number of benzene rings is 1. The van der Waals surface area contributed by atoms with Gasteiger partial charge in [0.05, 0.1) is 19.5 Å². The third-order valence-corrected chi connectivity index (χ3v) is 3.88. The molecule has 2 aromatic rings. The van der Waals surface area contributed by atoms with Crippen molar-refractivity contribution in [2.75, 3.05) is 36.5 Å². The highest BCUT2D eigenvalue weighted by molar-refractivity contribution is 7.80. The van der Waals surface area contributed by atoms with Crippen molar-refractivity contribution in [3.05, 3.63) is 54.5 Å². The molecule has 0 spiro atoms. The predicted octanol–water partition coefficient (Wildman–Crippen LogP) is 2.64. The Morgan fingerprint density at radius 2 is 1.92 bits per heavy atom. The van der Waals surface area contributed by atoms with E-state index >= 15 is 0 Å². The van der Waals surface area contributed by atoms with Crippen molar-refractivity contribution in [3.8, 4) is 0 Å². The van der Waals surface area contributed by atoms with Crippen LogP contribution < -0.4 is 15.5 Å². The standard InChI is InChI=1S/C18H19N3O3S/c22-17(8-7-16-2-1-11-24-16)20-18(25)19-14-3-5-15(6-4-14)21-9-12-23-13-10-21/h1-8,11H,9-10,12-13H2,(H2,19,20,22,25)/b8-7+. The smallest absolute Gasteiger partial charge is 0.250 e. The number of carbonyl (C=O) groups excluding carboxylic acids is 1. The Kier molecular flexibility index (Phi) is 5.81. The minimum atomic E-state index is -0.321. The van der Waals surface area contributed by atoms with E-state index in [0.717, 1.165) is 37.7 Å². The van der Waals surface area contributed by atoms with Gasteiger partial charge >= 0.3 is 0 Å². The van der Waals surface area contributed by atoms with Gasteiger partial charge in [-0.15, -0.1) is 0 Å². The second kappa shape index (κ2) is 8.46. The summed E-state index contributed by atoms with van der Waals surface area (Å²) in [6, 6.07) is 11.4. The van der Waals surface area contributed by atoms with Crippen LogP contribution in [0.25, 0.3) is 6.08 Å². The van der Waals surface area contributed by atoms with Crippen molar-refractivity contribution in [2.24, 2.45) is 0 Å². The van der Waals surface area contributed by atoms with Gasteiger partial charge in [0, 0.05) is 30.5 Å². The van der Waals surface area contributed by atoms with Gasteiger partial charge in [-0.2, -0.15) is 0 Å². The van der Waals surface area contributed by atoms with Crippen LogP contribution in [0.3, 0.4) is 0 Å². The average molecular weight is 357 g/mol. The number of thiocarbonyl (C=S) groups is 1. The lowest BCUT2D eigenvalue weighted by atomic mass is 10.2. The molecule has 0 bridgehead atoms. The number of rotatable bonds is 4. The number of nitrogens with one attached hydrogen (secondary N) is 2. The quantitative estimate of drug-likeness (QED) is 0.648. The Morgan fingerprint density at radius 1 is 1.16 bits per heavy atom. The van der Waals surface area contributed by atoms with Crippen molar-refractivity contribution in [1.29, 1.82) is 0 Å². The second-order valence-electron chi connectivity index (χ2n) is 5.44. The van der Waals surface area contributed by atoms with Gasteiger partial charge in [0.25, 0.3) is 0 Å². The lowest BCUT2D eigenvalue weighted by Crippen LogP contribution is -2.36. The number of hydrogen-bond donors (Lipinski definition) is 2. The first-order valence-electron chi connectivity index (χ1n) is 7.97. The van der Waals surface area contributed by atoms with E-state index in [2.05, 4.69) is 15.5 Å². The SMILES string of the molecule is O=C(/C=C/c1ccco1)NC(=S)Nc1ccc(N2CCOCC2)cc1. The van der Waals surface area contributed by atoms with E-state index < -0.39 is 0 Å². The molecule has 6 nitrogen and oxygen atoms in total. The molecule has 1 aromatic carbocycles. The van der Waals surface area contributed by atoms with E-state index in [0.29, 0.717) is 5.76 Å². The molecule has 1 fully saturated rings. The van der Waals surface area contributed by atoms with Crippen LogP contribution in [0, 0.1) is 0 Å². The number of carbonyl (C=O) groups is 1. The largest absolute Gasteiger partial charge is 0.465 e. The molecular weight excluding hydrogens is 338 g/mol. The van der Waals surface area contributed by atoms with Crippen LogP contribution in [0.1, 0.15) is 5.76 Å². The lowest BCUT2D eigenvalue weighted by molar-refractivity contribution is -0.115. The molecule has 0 unspecified atom stereocenters. The third kappa shape index (κ3) is 5.17. The van der Waals surface area contributed by atoms with Crippen LogP contribution >= 0.6 is 12.2 Å². The van der Waals surface area contributed by atoms with Crippen molar-refractivity contribution in [3.63, 3.8) is 0 Å². The number of ether oxygens (including phenoxy) is 1. The minimum Gasteiger partial charge on any atom is -0.465 e. The number of amides is 1. The summed E-state index contributed by atoms with van der Waals surface area (Å²) in [6.07, 6.45) is 4.49. The van der Waals surface area contributed by atoms with Crippen molar-refractivity contribution < 1.29 is 13.9 Å². The van der Waals surface area contributed by atoms with Gasteiger partial charge in [-0.05, 0) is 54.7 Å². The van der Waals surface area contributed by atoms with Gasteiger partial charge < -0.3 is 19.4 Å². The Balaban J connectivity index is 1.49. The summed E-state index contributed by atoms with van der Waals surface area (Å²) >= 11 is 5.16. The summed E-state index contributed by atoms with van der Waals surface area (Å²) in [5.74, 6) is 0.284. The van der Waals surface area contributed by atoms with Gasteiger partial charge in [-0.25, -0.2) is 0 Å². The third-order valence-electron chi connectivity index (χ3n) is 3.68. The first-order valence-corrected chi connectivity index (χ1v) is 8.38. The summed E-state index contributed by atoms with van der Waals surface area (Å²) in [5, 5.41) is 5.83. The highest BCUT2D eigenvalue weighted by Gasteiger charge is 2.11. The Labute approximate surface area is 151 Å². The van der Waals surface area contributed by atoms with Crippen LogP contribution in [0.5, 0.6) is 0 Å². The van der Waals surface area contributed by atoms with Crippen molar-refractivity contribution >= 4 is 40.7 Å². The topological polar surface area (TPSA) is 66.7 Å². The van der Waals surface area contributed by atoms with E-state index in [1.807, 2.05) is 24.3 Å². The summed E-state index contributed by atoms with van der Waals surface area (Å²) in [7, 11) is 0. The zero-order chi connectivity index (χ0) is 17.5. The number of nitrogens with zero attached hydrogens (tertiary/aromatic N) is 1. The first kappa shape index (κ1) is 17.2. The molecule has 0 atom stereocenters. The van der Waals surface area contributed by atoms with Crippen molar-refractivity contribution in [1.82, 2.24) is 5.32 Å². The molecule has 2 N–H and O–H groups in total. The Hall–Kier alpha value is -2.64. The van der Waals surface area contributed by atoms with E-state index in [1.165, 1.54) is 6.08 Å². The highest BCUT2D eigenvalue weighted by Crippen LogP contribution is 2.18. The summed E-state index contributed by atoms with van der Waals surface area (Å²) < 4.78 is 10.5. The zero-order valence-electron chi connectivity index (χ0n) is 13.6. The first-order chi connectivity index (χ1) is 12.2. The molecule has 0 saturated carbocycles. The van der Waals surface area contributed by atoms with E-state index in [-0.39, 0.29) is 11.0 Å². The van der Waals surface area contributed by atoms with Gasteiger partial charge in [-0.3, -0.25) is 10.1 Å². The van der Waals surface area contributed by atoms with Gasteiger partial charge in [0.1, 0.15) is 5.76 Å². The summed E-state index contributed by atoms with van der Waals surface area (Å²) in [6.45, 7) is 3.29. The molecule has 0 radical (unpaired) electrons. The molecular formula is C18H19N3O3S. The number of hydrogen-bond acceptors (Lipinski definition) is 5. The molecule has 7 heteroatoms. The fraction of sp³-hybridized carbons (Fsp3) is 0.222. The number of morpholine rings is 1. The molecule has 1 amide bonds. The monoisotopic (exact) mass is 357 g/mol. The molecule has 1 aliphatic rings. The molecule has 25 heavy (non-hydrogen) atoms.